The molecule has 1 heterocycles. The van der Waals surface area contributed by atoms with Gasteiger partial charge in [-0.05, 0) is 25.7 Å². The number of guanidine groups is 1. The van der Waals surface area contributed by atoms with Crippen LogP contribution in [0.4, 0.5) is 0 Å². The quantitative estimate of drug-likeness (QED) is 0.287. The molecule has 0 spiro atoms. The second kappa shape index (κ2) is 10.6. The fraction of sp³-hybridized carbons (Fsp3) is 0.923. The van der Waals surface area contributed by atoms with E-state index in [2.05, 4.69) is 22.5 Å². The van der Waals surface area contributed by atoms with Crippen molar-refractivity contribution in [3.63, 3.8) is 0 Å². The van der Waals surface area contributed by atoms with Crippen LogP contribution in [-0.2, 0) is 9.84 Å². The molecule has 1 unspecified atom stereocenters. The minimum Gasteiger partial charge on any atom is -0.357 e. The zero-order valence-electron chi connectivity index (χ0n) is 12.5. The van der Waals surface area contributed by atoms with Crippen LogP contribution in [0.25, 0.3) is 0 Å². The van der Waals surface area contributed by atoms with Crippen LogP contribution >= 0.6 is 24.0 Å². The van der Waals surface area contributed by atoms with E-state index in [0.717, 1.165) is 31.9 Å². The van der Waals surface area contributed by atoms with E-state index >= 15 is 0 Å². The predicted molar refractivity (Wildman–Crippen MR) is 95.7 cm³/mol. The molecule has 1 fully saturated rings. The molecule has 0 aromatic rings. The number of nitrogens with zero attached hydrogens (tertiary/aromatic N) is 1. The van der Waals surface area contributed by atoms with E-state index in [1.165, 1.54) is 12.8 Å². The maximum Gasteiger partial charge on any atom is 0.191 e. The summed E-state index contributed by atoms with van der Waals surface area (Å²) in [4.78, 5) is 4.49. The summed E-state index contributed by atoms with van der Waals surface area (Å²) in [7, 11) is -2.79. The molecule has 5 nitrogen and oxygen atoms in total. The summed E-state index contributed by atoms with van der Waals surface area (Å²) >= 11 is 0. The van der Waals surface area contributed by atoms with E-state index in [1.807, 2.05) is 6.92 Å². The zero-order valence-corrected chi connectivity index (χ0v) is 15.7. The molecule has 120 valence electrons. The van der Waals surface area contributed by atoms with Crippen molar-refractivity contribution in [3.8, 4) is 0 Å². The van der Waals surface area contributed by atoms with Crippen molar-refractivity contribution in [1.82, 2.24) is 10.6 Å². The second-order valence-electron chi connectivity index (χ2n) is 5.12. The number of aliphatic imine (C=N–C) groups is 1. The third kappa shape index (κ3) is 8.28. The Morgan fingerprint density at radius 2 is 2.00 bits per heavy atom. The van der Waals surface area contributed by atoms with Crippen molar-refractivity contribution >= 4 is 39.8 Å². The highest BCUT2D eigenvalue weighted by Crippen LogP contribution is 2.18. The Morgan fingerprint density at radius 1 is 1.25 bits per heavy atom. The van der Waals surface area contributed by atoms with Crippen LogP contribution in [0, 0.1) is 5.92 Å². The number of unbranched alkanes of at least 4 members (excludes halogenated alkanes) is 2. The highest BCUT2D eigenvalue weighted by Gasteiger charge is 2.27. The number of nitrogens with one attached hydrogen (secondary N) is 2. The SMILES string of the molecule is CCCCCNC(=NCC1CCS(=O)(=O)C1)NCC.I. The Labute approximate surface area is 140 Å². The lowest BCUT2D eigenvalue weighted by atomic mass is 10.1. The molecular weight excluding hydrogens is 389 g/mol. The standard InChI is InChI=1S/C13H27N3O2S.HI/c1-3-5-6-8-15-13(14-4-2)16-10-12-7-9-19(17,18)11-12;/h12H,3-11H2,1-2H3,(H2,14,15,16);1H. The minimum atomic E-state index is -2.79. The van der Waals surface area contributed by atoms with Crippen molar-refractivity contribution in [2.75, 3.05) is 31.1 Å². The lowest BCUT2D eigenvalue weighted by Crippen LogP contribution is -2.38. The van der Waals surface area contributed by atoms with E-state index in [-0.39, 0.29) is 29.9 Å². The van der Waals surface area contributed by atoms with Gasteiger partial charge in [-0.2, -0.15) is 0 Å². The third-order valence-electron chi connectivity index (χ3n) is 3.25. The first kappa shape index (κ1) is 19.9. The van der Waals surface area contributed by atoms with Gasteiger partial charge < -0.3 is 10.6 Å². The number of rotatable bonds is 7. The van der Waals surface area contributed by atoms with E-state index < -0.39 is 9.84 Å². The Morgan fingerprint density at radius 3 is 2.55 bits per heavy atom. The first-order valence-electron chi connectivity index (χ1n) is 7.30. The van der Waals surface area contributed by atoms with Crippen LogP contribution in [-0.4, -0.2) is 45.5 Å². The molecule has 7 heteroatoms. The summed E-state index contributed by atoms with van der Waals surface area (Å²) in [5.41, 5.74) is 0. The van der Waals surface area contributed by atoms with Crippen molar-refractivity contribution in [1.29, 1.82) is 0 Å². The maximum absolute atomic E-state index is 11.4. The van der Waals surface area contributed by atoms with E-state index in [0.29, 0.717) is 18.1 Å². The largest absolute Gasteiger partial charge is 0.357 e. The van der Waals surface area contributed by atoms with E-state index in [1.54, 1.807) is 0 Å². The third-order valence-corrected chi connectivity index (χ3v) is 5.09. The number of hydrogen-bond donors (Lipinski definition) is 2. The van der Waals surface area contributed by atoms with Crippen molar-refractivity contribution in [3.05, 3.63) is 0 Å². The fourth-order valence-electron chi connectivity index (χ4n) is 2.16. The molecule has 0 radical (unpaired) electrons. The minimum absolute atomic E-state index is 0. The molecule has 0 aromatic carbocycles. The Balaban J connectivity index is 0.00000361. The van der Waals surface area contributed by atoms with Gasteiger partial charge in [0, 0.05) is 19.6 Å². The lowest BCUT2D eigenvalue weighted by Gasteiger charge is -2.12. The van der Waals surface area contributed by atoms with Crippen LogP contribution < -0.4 is 10.6 Å². The summed E-state index contributed by atoms with van der Waals surface area (Å²) in [6.45, 7) is 6.55. The topological polar surface area (TPSA) is 70.6 Å². The van der Waals surface area contributed by atoms with Gasteiger partial charge >= 0.3 is 0 Å². The summed E-state index contributed by atoms with van der Waals surface area (Å²) in [6, 6.07) is 0. The first-order valence-corrected chi connectivity index (χ1v) is 9.12. The molecule has 0 aromatic heterocycles. The molecule has 1 saturated heterocycles. The van der Waals surface area contributed by atoms with Crippen LogP contribution in [0.15, 0.2) is 4.99 Å². The summed E-state index contributed by atoms with van der Waals surface area (Å²) in [6.07, 6.45) is 4.31. The highest BCUT2D eigenvalue weighted by atomic mass is 127. The average Bonchev–Trinajstić information content (AvgIpc) is 2.71. The van der Waals surface area contributed by atoms with E-state index in [9.17, 15) is 8.42 Å². The number of sulfone groups is 1. The van der Waals surface area contributed by atoms with Crippen molar-refractivity contribution in [2.45, 2.75) is 39.5 Å². The fourth-order valence-corrected chi connectivity index (χ4v) is 4.01. The van der Waals surface area contributed by atoms with Crippen LogP contribution in [0.1, 0.15) is 39.5 Å². The van der Waals surface area contributed by atoms with Gasteiger partial charge in [-0.15, -0.1) is 24.0 Å². The Kier molecular flexibility index (Phi) is 10.6. The monoisotopic (exact) mass is 417 g/mol. The molecule has 0 bridgehead atoms. The Bertz CT molecular complexity index is 385. The molecule has 20 heavy (non-hydrogen) atoms. The van der Waals surface area contributed by atoms with Crippen LogP contribution in [0.5, 0.6) is 0 Å². The highest BCUT2D eigenvalue weighted by molar-refractivity contribution is 14.0. The van der Waals surface area contributed by atoms with Crippen LogP contribution in [0.3, 0.4) is 0 Å². The summed E-state index contributed by atoms with van der Waals surface area (Å²) < 4.78 is 22.8. The van der Waals surface area contributed by atoms with Gasteiger partial charge in [-0.3, -0.25) is 4.99 Å². The molecule has 0 aliphatic carbocycles. The molecule has 1 aliphatic rings. The molecule has 0 amide bonds. The molecule has 1 rings (SSSR count). The zero-order chi connectivity index (χ0) is 14.1. The van der Waals surface area contributed by atoms with Gasteiger partial charge in [0.2, 0.25) is 0 Å². The molecule has 1 atom stereocenters. The summed E-state index contributed by atoms with van der Waals surface area (Å²) in [5, 5.41) is 6.48. The number of halogens is 1. The predicted octanol–water partition coefficient (Wildman–Crippen LogP) is 1.78. The van der Waals surface area contributed by atoms with Gasteiger partial charge in [-0.25, -0.2) is 8.42 Å². The second-order valence-corrected chi connectivity index (χ2v) is 7.35. The average molecular weight is 417 g/mol. The van der Waals surface area contributed by atoms with Crippen LogP contribution in [0.2, 0.25) is 0 Å². The molecule has 0 saturated carbocycles. The Hall–Kier alpha value is -0.0500. The molecule has 2 N–H and O–H groups in total. The van der Waals surface area contributed by atoms with E-state index in [4.69, 9.17) is 0 Å². The normalized spacial score (nSPS) is 21.3. The van der Waals surface area contributed by atoms with Crippen molar-refractivity contribution < 1.29 is 8.42 Å². The smallest absolute Gasteiger partial charge is 0.191 e. The van der Waals surface area contributed by atoms with Gasteiger partial charge in [0.15, 0.2) is 15.8 Å². The maximum atomic E-state index is 11.4. The summed E-state index contributed by atoms with van der Waals surface area (Å²) in [5.74, 6) is 1.62. The van der Waals surface area contributed by atoms with Gasteiger partial charge in [0.1, 0.15) is 0 Å². The van der Waals surface area contributed by atoms with Gasteiger partial charge in [0.25, 0.3) is 0 Å². The van der Waals surface area contributed by atoms with Crippen molar-refractivity contribution in [2.24, 2.45) is 10.9 Å². The molecular formula is C13H28IN3O2S. The number of hydrogen-bond acceptors (Lipinski definition) is 3. The first-order chi connectivity index (χ1) is 9.07. The van der Waals surface area contributed by atoms with Gasteiger partial charge in [-0.1, -0.05) is 19.8 Å². The van der Waals surface area contributed by atoms with Gasteiger partial charge in [0.05, 0.1) is 11.5 Å². The molecule has 1 aliphatic heterocycles. The lowest BCUT2D eigenvalue weighted by molar-refractivity contribution is 0.589.